The Hall–Kier alpha value is -4.83. The average Bonchev–Trinajstić information content (AvgIpc) is 3.58. The largest absolute Gasteiger partial charge is 0.256 e. The zero-order valence-electron chi connectivity index (χ0n) is 22.5. The Kier molecular flexibility index (Phi) is 5.31. The number of hydrogen-bond acceptors (Lipinski definition) is 3. The summed E-state index contributed by atoms with van der Waals surface area (Å²) in [6, 6.07) is 48.4. The molecule has 0 aliphatic rings. The highest BCUT2D eigenvalue weighted by Gasteiger charge is 2.14. The van der Waals surface area contributed by atoms with E-state index in [0.717, 1.165) is 16.8 Å². The van der Waals surface area contributed by atoms with Crippen LogP contribution in [0.4, 0.5) is 0 Å². The molecule has 0 saturated heterocycles. The van der Waals surface area contributed by atoms with E-state index in [2.05, 4.69) is 127 Å². The Bertz CT molecular complexity index is 2430. The Balaban J connectivity index is 1.06. The van der Waals surface area contributed by atoms with Crippen LogP contribution in [0.15, 0.2) is 140 Å². The van der Waals surface area contributed by atoms with Crippen LogP contribution in [-0.4, -0.2) is 4.98 Å². The van der Waals surface area contributed by atoms with Crippen LogP contribution in [0.25, 0.3) is 84.6 Å². The number of pyridine rings is 1. The van der Waals surface area contributed by atoms with Crippen molar-refractivity contribution in [3.05, 3.63) is 140 Å². The van der Waals surface area contributed by atoms with E-state index in [0.29, 0.717) is 0 Å². The fraction of sp³-hybridized carbons (Fsp3) is 0. The predicted molar refractivity (Wildman–Crippen MR) is 184 cm³/mol. The van der Waals surface area contributed by atoms with Gasteiger partial charge in [0.05, 0.1) is 15.1 Å². The Morgan fingerprint density at radius 3 is 1.62 bits per heavy atom. The molecule has 0 N–H and O–H groups in total. The lowest BCUT2D eigenvalue weighted by Crippen LogP contribution is -1.86. The van der Waals surface area contributed by atoms with Crippen molar-refractivity contribution in [1.29, 1.82) is 0 Å². The van der Waals surface area contributed by atoms with Crippen LogP contribution in [-0.2, 0) is 0 Å². The summed E-state index contributed by atoms with van der Waals surface area (Å²) in [5, 5.41) is 7.90. The fourth-order valence-corrected chi connectivity index (χ4v) is 8.76. The summed E-state index contributed by atoms with van der Waals surface area (Å²) >= 11 is 3.84. The van der Waals surface area contributed by atoms with Gasteiger partial charge >= 0.3 is 0 Å². The summed E-state index contributed by atoms with van der Waals surface area (Å²) in [6.45, 7) is 0. The maximum atomic E-state index is 4.83. The number of rotatable bonds is 3. The third kappa shape index (κ3) is 3.86. The second-order valence-corrected chi connectivity index (χ2v) is 12.9. The molecule has 3 aromatic heterocycles. The molecule has 9 aromatic rings. The molecule has 0 bridgehead atoms. The van der Waals surface area contributed by atoms with Gasteiger partial charge in [-0.1, -0.05) is 97.1 Å². The highest BCUT2D eigenvalue weighted by atomic mass is 32.1. The molecule has 0 radical (unpaired) electrons. The first-order valence-electron chi connectivity index (χ1n) is 14.1. The maximum absolute atomic E-state index is 4.83. The lowest BCUT2D eigenvalue weighted by atomic mass is 10.00. The van der Waals surface area contributed by atoms with Crippen LogP contribution in [0.1, 0.15) is 0 Å². The third-order valence-electron chi connectivity index (χ3n) is 8.29. The van der Waals surface area contributed by atoms with Crippen molar-refractivity contribution in [2.24, 2.45) is 0 Å². The number of hydrogen-bond donors (Lipinski definition) is 0. The van der Waals surface area contributed by atoms with Crippen molar-refractivity contribution in [1.82, 2.24) is 4.98 Å². The molecule has 9 rings (SSSR count). The van der Waals surface area contributed by atoms with E-state index in [4.69, 9.17) is 4.98 Å². The second-order valence-electron chi connectivity index (χ2n) is 10.8. The molecule has 196 valence electrons. The molecule has 6 aromatic carbocycles. The second kappa shape index (κ2) is 9.35. The van der Waals surface area contributed by atoms with Gasteiger partial charge in [-0.2, -0.15) is 0 Å². The van der Waals surface area contributed by atoms with Gasteiger partial charge in [0.1, 0.15) is 0 Å². The third-order valence-corrected chi connectivity index (χ3v) is 10.8. The van der Waals surface area contributed by atoms with Gasteiger partial charge in [0, 0.05) is 37.5 Å². The average molecular weight is 570 g/mol. The van der Waals surface area contributed by atoms with Crippen LogP contribution in [0.3, 0.4) is 0 Å². The minimum absolute atomic E-state index is 0.986. The van der Waals surface area contributed by atoms with Crippen LogP contribution >= 0.6 is 22.7 Å². The molecule has 0 saturated carbocycles. The molecule has 0 aliphatic carbocycles. The van der Waals surface area contributed by atoms with Gasteiger partial charge in [-0.05, 0) is 74.6 Å². The molecular weight excluding hydrogens is 547 g/mol. The lowest BCUT2D eigenvalue weighted by Gasteiger charge is -2.07. The first-order valence-corrected chi connectivity index (χ1v) is 15.7. The van der Waals surface area contributed by atoms with Crippen LogP contribution < -0.4 is 0 Å². The fourth-order valence-electron chi connectivity index (χ4n) is 6.07. The Morgan fingerprint density at radius 1 is 0.381 bits per heavy atom. The summed E-state index contributed by atoms with van der Waals surface area (Å²) in [5.41, 5.74) is 6.88. The van der Waals surface area contributed by atoms with Crippen LogP contribution in [0, 0.1) is 0 Å². The van der Waals surface area contributed by atoms with Crippen molar-refractivity contribution in [2.45, 2.75) is 0 Å². The minimum atomic E-state index is 0.986. The number of thiophene rings is 2. The predicted octanol–water partition coefficient (Wildman–Crippen LogP) is 12.0. The van der Waals surface area contributed by atoms with Gasteiger partial charge in [0.2, 0.25) is 0 Å². The summed E-state index contributed by atoms with van der Waals surface area (Å²) < 4.78 is 5.53. The van der Waals surface area contributed by atoms with Crippen molar-refractivity contribution >= 4 is 73.8 Å². The SMILES string of the molecule is c1ccc(-c2ccc(-c3ccc(-c4ccc5cc6c(cc5c4)sc4c5cc7ccccc7cc5sc64)cn3)cc2)cc1. The van der Waals surface area contributed by atoms with E-state index in [-0.39, 0.29) is 0 Å². The topological polar surface area (TPSA) is 12.9 Å². The molecule has 0 aliphatic heterocycles. The Morgan fingerprint density at radius 2 is 0.929 bits per heavy atom. The van der Waals surface area contributed by atoms with E-state index >= 15 is 0 Å². The van der Waals surface area contributed by atoms with Gasteiger partial charge in [0.25, 0.3) is 0 Å². The number of benzene rings is 6. The van der Waals surface area contributed by atoms with E-state index in [9.17, 15) is 0 Å². The van der Waals surface area contributed by atoms with Gasteiger partial charge in [-0.3, -0.25) is 4.98 Å². The maximum Gasteiger partial charge on any atom is 0.0702 e. The standard InChI is InChI=1S/C39H23NS2/c1-2-6-24(7-3-1)25-10-12-26(13-11-25)35-17-16-31(23-40-35)29-14-15-30-20-34-37(22-32(30)18-29)42-38-33-19-27-8-4-5-9-28(27)21-36(33)41-39(34)38/h1-23H. The molecule has 0 fully saturated rings. The first-order chi connectivity index (χ1) is 20.8. The molecule has 42 heavy (non-hydrogen) atoms. The number of aromatic nitrogens is 1. The molecule has 0 atom stereocenters. The van der Waals surface area contributed by atoms with Gasteiger partial charge in [-0.25, -0.2) is 0 Å². The van der Waals surface area contributed by atoms with Crippen molar-refractivity contribution < 1.29 is 0 Å². The molecule has 0 unspecified atom stereocenters. The summed E-state index contributed by atoms with van der Waals surface area (Å²) in [5.74, 6) is 0. The summed E-state index contributed by atoms with van der Waals surface area (Å²) in [7, 11) is 0. The monoisotopic (exact) mass is 569 g/mol. The first kappa shape index (κ1) is 23.8. The number of nitrogens with zero attached hydrogens (tertiary/aromatic N) is 1. The molecule has 0 amide bonds. The highest BCUT2D eigenvalue weighted by molar-refractivity contribution is 7.36. The van der Waals surface area contributed by atoms with Crippen molar-refractivity contribution in [2.75, 3.05) is 0 Å². The van der Waals surface area contributed by atoms with E-state index < -0.39 is 0 Å². The van der Waals surface area contributed by atoms with E-state index in [1.165, 1.54) is 67.8 Å². The van der Waals surface area contributed by atoms with Crippen molar-refractivity contribution in [3.63, 3.8) is 0 Å². The van der Waals surface area contributed by atoms with E-state index in [1.807, 2.05) is 34.9 Å². The van der Waals surface area contributed by atoms with Crippen LogP contribution in [0.5, 0.6) is 0 Å². The Labute approximate surface area is 251 Å². The quantitative estimate of drug-likeness (QED) is 0.206. The van der Waals surface area contributed by atoms with Gasteiger partial charge < -0.3 is 0 Å². The van der Waals surface area contributed by atoms with Gasteiger partial charge in [-0.15, -0.1) is 22.7 Å². The summed E-state index contributed by atoms with van der Waals surface area (Å²) in [4.78, 5) is 4.83. The molecule has 1 nitrogen and oxygen atoms in total. The smallest absolute Gasteiger partial charge is 0.0702 e. The molecular formula is C39H23NS2. The van der Waals surface area contributed by atoms with Crippen LogP contribution in [0.2, 0.25) is 0 Å². The zero-order valence-corrected chi connectivity index (χ0v) is 24.2. The summed E-state index contributed by atoms with van der Waals surface area (Å²) in [6.07, 6.45) is 2.00. The zero-order chi connectivity index (χ0) is 27.6. The lowest BCUT2D eigenvalue weighted by molar-refractivity contribution is 1.33. The molecule has 0 spiro atoms. The van der Waals surface area contributed by atoms with E-state index in [1.54, 1.807) is 0 Å². The van der Waals surface area contributed by atoms with Crippen molar-refractivity contribution in [3.8, 4) is 33.5 Å². The minimum Gasteiger partial charge on any atom is -0.256 e. The normalized spacial score (nSPS) is 11.8. The molecule has 3 heteroatoms. The number of fused-ring (bicyclic) bond motifs is 7. The molecule has 3 heterocycles. The van der Waals surface area contributed by atoms with Gasteiger partial charge in [0.15, 0.2) is 0 Å². The highest BCUT2D eigenvalue weighted by Crippen LogP contribution is 2.46.